The van der Waals surface area contributed by atoms with Gasteiger partial charge in [-0.3, -0.25) is 0 Å². The highest BCUT2D eigenvalue weighted by molar-refractivity contribution is 5.40. The highest BCUT2D eigenvalue weighted by Crippen LogP contribution is 2.39. The lowest BCUT2D eigenvalue weighted by Gasteiger charge is -2.13. The number of allylic oxidation sites excluding steroid dienone is 3. The zero-order chi connectivity index (χ0) is 6.97. The molecule has 0 heteroatoms. The first-order chi connectivity index (χ1) is 4.88. The topological polar surface area (TPSA) is 0 Å². The monoisotopic (exact) mass is 134 g/mol. The molecule has 0 radical (unpaired) electrons. The molecule has 0 fully saturated rings. The zero-order valence-electron chi connectivity index (χ0n) is 6.45. The number of hydrogen-bond acceptors (Lipinski definition) is 0. The molecule has 0 unspecified atom stereocenters. The lowest BCUT2D eigenvalue weighted by Crippen LogP contribution is -1.93. The van der Waals surface area contributed by atoms with Crippen molar-refractivity contribution in [3.05, 3.63) is 23.3 Å². The molecular weight excluding hydrogens is 120 g/mol. The Bertz CT molecular complexity index is 196. The van der Waals surface area contributed by atoms with Crippen LogP contribution in [-0.2, 0) is 0 Å². The molecule has 0 spiro atoms. The summed E-state index contributed by atoms with van der Waals surface area (Å²) < 4.78 is 0. The van der Waals surface area contributed by atoms with E-state index >= 15 is 0 Å². The van der Waals surface area contributed by atoms with Crippen molar-refractivity contribution in [1.29, 1.82) is 0 Å². The largest absolute Gasteiger partial charge is 0.0955 e. The second kappa shape index (κ2) is 2.26. The van der Waals surface area contributed by atoms with E-state index in [2.05, 4.69) is 6.58 Å². The third kappa shape index (κ3) is 0.828. The molecule has 0 aliphatic heterocycles. The maximum absolute atomic E-state index is 4.08. The van der Waals surface area contributed by atoms with E-state index in [1.165, 1.54) is 44.1 Å². The van der Waals surface area contributed by atoms with Crippen molar-refractivity contribution in [2.75, 3.05) is 0 Å². The van der Waals surface area contributed by atoms with Gasteiger partial charge in [0.05, 0.1) is 0 Å². The Kier molecular flexibility index (Phi) is 1.40. The predicted octanol–water partition coefficient (Wildman–Crippen LogP) is 3.21. The molecule has 0 saturated heterocycles. The van der Waals surface area contributed by atoms with Crippen LogP contribution in [-0.4, -0.2) is 0 Å². The Hall–Kier alpha value is -0.520. The average molecular weight is 134 g/mol. The third-order valence-electron chi connectivity index (χ3n) is 2.74. The van der Waals surface area contributed by atoms with E-state index in [-0.39, 0.29) is 0 Å². The molecule has 2 aliphatic rings. The summed E-state index contributed by atoms with van der Waals surface area (Å²) in [6.07, 6.45) is 8.10. The van der Waals surface area contributed by atoms with Gasteiger partial charge in [0.15, 0.2) is 0 Å². The minimum atomic E-state index is 1.25. The van der Waals surface area contributed by atoms with Gasteiger partial charge in [-0.25, -0.2) is 0 Å². The first kappa shape index (κ1) is 6.21. The molecule has 0 aromatic rings. The van der Waals surface area contributed by atoms with E-state index in [4.69, 9.17) is 0 Å². The minimum Gasteiger partial charge on any atom is -0.0955 e. The minimum absolute atomic E-state index is 1.25. The quantitative estimate of drug-likeness (QED) is 0.477. The van der Waals surface area contributed by atoms with Crippen LogP contribution in [0.4, 0.5) is 0 Å². The van der Waals surface area contributed by atoms with Crippen LogP contribution in [0, 0.1) is 0 Å². The van der Waals surface area contributed by atoms with Crippen molar-refractivity contribution in [1.82, 2.24) is 0 Å². The molecule has 10 heavy (non-hydrogen) atoms. The van der Waals surface area contributed by atoms with Crippen molar-refractivity contribution in [2.45, 2.75) is 38.5 Å². The Labute approximate surface area is 62.6 Å². The molecule has 2 aliphatic carbocycles. The summed E-state index contributed by atoms with van der Waals surface area (Å²) in [5.74, 6) is 0. The Balaban J connectivity index is 2.29. The highest BCUT2D eigenvalue weighted by atomic mass is 14.2. The maximum atomic E-state index is 4.08. The fourth-order valence-electron chi connectivity index (χ4n) is 2.12. The van der Waals surface area contributed by atoms with Crippen LogP contribution in [0.2, 0.25) is 0 Å². The van der Waals surface area contributed by atoms with Crippen LogP contribution in [0.1, 0.15) is 38.5 Å². The van der Waals surface area contributed by atoms with Gasteiger partial charge in [0.25, 0.3) is 0 Å². The number of hydrogen-bond donors (Lipinski definition) is 0. The molecule has 0 amide bonds. The Morgan fingerprint density at radius 2 is 1.70 bits per heavy atom. The van der Waals surface area contributed by atoms with Gasteiger partial charge in [-0.15, -0.1) is 0 Å². The number of rotatable bonds is 0. The highest BCUT2D eigenvalue weighted by Gasteiger charge is 2.19. The molecule has 0 atom stereocenters. The van der Waals surface area contributed by atoms with Crippen LogP contribution in [0.5, 0.6) is 0 Å². The van der Waals surface area contributed by atoms with E-state index < -0.39 is 0 Å². The Morgan fingerprint density at radius 3 is 2.50 bits per heavy atom. The SMILES string of the molecule is C=C1CCC2=C1CCCC2. The van der Waals surface area contributed by atoms with Gasteiger partial charge in [-0.2, -0.15) is 0 Å². The second-order valence-electron chi connectivity index (χ2n) is 3.39. The van der Waals surface area contributed by atoms with Gasteiger partial charge < -0.3 is 0 Å². The van der Waals surface area contributed by atoms with Crippen LogP contribution >= 0.6 is 0 Å². The zero-order valence-corrected chi connectivity index (χ0v) is 6.45. The third-order valence-corrected chi connectivity index (χ3v) is 2.74. The summed E-state index contributed by atoms with van der Waals surface area (Å²) in [6.45, 7) is 4.08. The Morgan fingerprint density at radius 1 is 0.900 bits per heavy atom. The molecule has 0 aromatic heterocycles. The van der Waals surface area contributed by atoms with Crippen LogP contribution < -0.4 is 0 Å². The van der Waals surface area contributed by atoms with Crippen LogP contribution in [0.15, 0.2) is 23.3 Å². The van der Waals surface area contributed by atoms with Gasteiger partial charge in [0, 0.05) is 0 Å². The lowest BCUT2D eigenvalue weighted by atomic mass is 9.93. The van der Waals surface area contributed by atoms with E-state index in [1.54, 1.807) is 11.1 Å². The summed E-state index contributed by atoms with van der Waals surface area (Å²) in [5.41, 5.74) is 4.82. The van der Waals surface area contributed by atoms with E-state index in [9.17, 15) is 0 Å². The molecule has 0 N–H and O–H groups in total. The van der Waals surface area contributed by atoms with Gasteiger partial charge in [-0.1, -0.05) is 17.7 Å². The summed E-state index contributed by atoms with van der Waals surface area (Å²) in [4.78, 5) is 0. The predicted molar refractivity (Wildman–Crippen MR) is 43.9 cm³/mol. The lowest BCUT2D eigenvalue weighted by molar-refractivity contribution is 0.679. The first-order valence-electron chi connectivity index (χ1n) is 4.27. The van der Waals surface area contributed by atoms with Crippen molar-refractivity contribution in [3.8, 4) is 0 Å². The molecule has 0 saturated carbocycles. The van der Waals surface area contributed by atoms with Crippen molar-refractivity contribution in [3.63, 3.8) is 0 Å². The van der Waals surface area contributed by atoms with Crippen molar-refractivity contribution in [2.24, 2.45) is 0 Å². The summed E-state index contributed by atoms with van der Waals surface area (Å²) in [5, 5.41) is 0. The molecule has 0 nitrogen and oxygen atoms in total. The molecule has 0 heterocycles. The smallest absolute Gasteiger partial charge is 0.0244 e. The van der Waals surface area contributed by atoms with Gasteiger partial charge >= 0.3 is 0 Å². The van der Waals surface area contributed by atoms with Gasteiger partial charge in [0.2, 0.25) is 0 Å². The van der Waals surface area contributed by atoms with Crippen LogP contribution in [0.3, 0.4) is 0 Å². The van der Waals surface area contributed by atoms with Crippen LogP contribution in [0.25, 0.3) is 0 Å². The van der Waals surface area contributed by atoms with E-state index in [0.29, 0.717) is 0 Å². The average Bonchev–Trinajstić information content (AvgIpc) is 2.34. The molecule has 0 aromatic carbocycles. The summed E-state index contributed by atoms with van der Waals surface area (Å²) in [7, 11) is 0. The summed E-state index contributed by atoms with van der Waals surface area (Å²) in [6, 6.07) is 0. The fourth-order valence-corrected chi connectivity index (χ4v) is 2.12. The fraction of sp³-hybridized carbons (Fsp3) is 0.600. The first-order valence-corrected chi connectivity index (χ1v) is 4.27. The van der Waals surface area contributed by atoms with Gasteiger partial charge in [-0.05, 0) is 44.1 Å². The van der Waals surface area contributed by atoms with E-state index in [0.717, 1.165) is 0 Å². The molecule has 0 bridgehead atoms. The van der Waals surface area contributed by atoms with Crippen molar-refractivity contribution >= 4 is 0 Å². The second-order valence-corrected chi connectivity index (χ2v) is 3.39. The maximum Gasteiger partial charge on any atom is -0.0244 e. The molecular formula is C10H14. The van der Waals surface area contributed by atoms with Gasteiger partial charge in [0.1, 0.15) is 0 Å². The normalized spacial score (nSPS) is 25.4. The van der Waals surface area contributed by atoms with Crippen molar-refractivity contribution < 1.29 is 0 Å². The standard InChI is InChI=1S/C10H14/c1-8-6-7-9-4-2-3-5-10(8)9/h1-7H2. The molecule has 54 valence electrons. The van der Waals surface area contributed by atoms with E-state index in [1.807, 2.05) is 0 Å². The molecule has 2 rings (SSSR count). The summed E-state index contributed by atoms with van der Waals surface area (Å²) >= 11 is 0.